The molecule has 2 N–H and O–H groups in total. The summed E-state index contributed by atoms with van der Waals surface area (Å²) in [5.41, 5.74) is 1.96. The van der Waals surface area contributed by atoms with Crippen LogP contribution in [-0.2, 0) is 0 Å². The van der Waals surface area contributed by atoms with Crippen LogP contribution in [0.5, 0.6) is 0 Å². The van der Waals surface area contributed by atoms with Crippen LogP contribution in [0.4, 0.5) is 14.8 Å². The lowest BCUT2D eigenvalue weighted by atomic mass is 10.2. The molecule has 156 valence electrons. The molecule has 0 aliphatic rings. The maximum Gasteiger partial charge on any atom is 0.325 e. The Bertz CT molecular complexity index is 1430. The fourth-order valence-corrected chi connectivity index (χ4v) is 6.14. The molecule has 0 radical (unpaired) electrons. The van der Waals surface area contributed by atoms with Crippen LogP contribution < -0.4 is 10.6 Å². The van der Waals surface area contributed by atoms with Gasteiger partial charge < -0.3 is 9.13 Å². The standard InChI is InChI=1S/C25H18N4OS2/c30-25(26-23-21(28-13-5-6-14-28)17-9-1-3-11-19(17)31-23)27-24-22(29-15-7-8-16-29)18-10-2-4-12-20(18)32-24/h1-16H,(H2,26,27,30). The zero-order valence-corrected chi connectivity index (χ0v) is 18.5. The number of hydrogen-bond acceptors (Lipinski definition) is 3. The number of urea groups is 1. The minimum Gasteiger partial charge on any atom is -0.321 e. The molecule has 0 unspecified atom stereocenters. The smallest absolute Gasteiger partial charge is 0.321 e. The molecule has 2 amide bonds. The Morgan fingerprint density at radius 3 is 1.44 bits per heavy atom. The molecule has 0 bridgehead atoms. The molecule has 2 aromatic carbocycles. The summed E-state index contributed by atoms with van der Waals surface area (Å²) in [6, 6.07) is 24.1. The molecule has 7 heteroatoms. The first-order valence-electron chi connectivity index (χ1n) is 10.2. The van der Waals surface area contributed by atoms with Gasteiger partial charge in [-0.25, -0.2) is 4.79 Å². The van der Waals surface area contributed by atoms with Crippen LogP contribution in [0.15, 0.2) is 97.6 Å². The van der Waals surface area contributed by atoms with Gasteiger partial charge in [-0.05, 0) is 36.4 Å². The molecule has 4 aromatic heterocycles. The highest BCUT2D eigenvalue weighted by atomic mass is 32.1. The molecule has 0 aliphatic carbocycles. The van der Waals surface area contributed by atoms with Gasteiger partial charge in [0.1, 0.15) is 10.0 Å². The first-order valence-corrected chi connectivity index (χ1v) is 11.8. The van der Waals surface area contributed by atoms with E-state index >= 15 is 0 Å². The predicted octanol–water partition coefficient (Wildman–Crippen LogP) is 7.34. The Kier molecular flexibility index (Phi) is 4.56. The molecule has 5 nitrogen and oxygen atoms in total. The first-order chi connectivity index (χ1) is 15.8. The number of thiophene rings is 2. The molecule has 0 spiro atoms. The highest BCUT2D eigenvalue weighted by Crippen LogP contribution is 2.40. The normalized spacial score (nSPS) is 11.2. The van der Waals surface area contributed by atoms with Gasteiger partial charge in [0.15, 0.2) is 0 Å². The van der Waals surface area contributed by atoms with Gasteiger partial charge >= 0.3 is 6.03 Å². The van der Waals surface area contributed by atoms with Crippen molar-refractivity contribution in [1.82, 2.24) is 9.13 Å². The molecule has 6 rings (SSSR count). The SMILES string of the molecule is O=C(Nc1sc2ccccc2c1-n1cccc1)Nc1sc2ccccc2c1-n1cccc1. The zero-order chi connectivity index (χ0) is 21.5. The van der Waals surface area contributed by atoms with Crippen molar-refractivity contribution in [3.63, 3.8) is 0 Å². The van der Waals surface area contributed by atoms with Crippen LogP contribution in [0, 0.1) is 0 Å². The number of anilines is 2. The molecule has 0 atom stereocenters. The van der Waals surface area contributed by atoms with Crippen LogP contribution in [0.25, 0.3) is 31.5 Å². The number of fused-ring (bicyclic) bond motifs is 2. The Balaban J connectivity index is 1.38. The van der Waals surface area contributed by atoms with Crippen LogP contribution in [0.1, 0.15) is 0 Å². The zero-order valence-electron chi connectivity index (χ0n) is 16.9. The summed E-state index contributed by atoms with van der Waals surface area (Å²) in [5.74, 6) is 0. The Labute approximate surface area is 192 Å². The molecule has 0 saturated carbocycles. The molecule has 0 fully saturated rings. The Morgan fingerprint density at radius 1 is 0.594 bits per heavy atom. The van der Waals surface area contributed by atoms with E-state index in [1.807, 2.05) is 82.5 Å². The van der Waals surface area contributed by atoms with Crippen molar-refractivity contribution in [1.29, 1.82) is 0 Å². The average Bonchev–Trinajstić information content (AvgIpc) is 3.58. The lowest BCUT2D eigenvalue weighted by Gasteiger charge is -2.10. The number of hydrogen-bond donors (Lipinski definition) is 2. The average molecular weight is 455 g/mol. The van der Waals surface area contributed by atoms with Gasteiger partial charge in [-0.3, -0.25) is 10.6 Å². The van der Waals surface area contributed by atoms with E-state index in [-0.39, 0.29) is 6.03 Å². The number of benzene rings is 2. The third-order valence-corrected chi connectivity index (χ3v) is 7.47. The number of nitrogens with zero attached hydrogens (tertiary/aromatic N) is 2. The second-order valence-corrected chi connectivity index (χ2v) is 9.42. The van der Waals surface area contributed by atoms with Gasteiger partial charge in [-0.1, -0.05) is 36.4 Å². The minimum atomic E-state index is -0.259. The maximum atomic E-state index is 13.2. The number of carbonyl (C=O) groups is 1. The van der Waals surface area contributed by atoms with Gasteiger partial charge in [0.2, 0.25) is 0 Å². The van der Waals surface area contributed by atoms with Crippen molar-refractivity contribution in [2.45, 2.75) is 0 Å². The fourth-order valence-electron chi connectivity index (χ4n) is 3.95. The lowest BCUT2D eigenvalue weighted by molar-refractivity contribution is 0.262. The van der Waals surface area contributed by atoms with Crippen molar-refractivity contribution in [2.75, 3.05) is 10.6 Å². The topological polar surface area (TPSA) is 51.0 Å². The van der Waals surface area contributed by atoms with Crippen LogP contribution in [0.2, 0.25) is 0 Å². The summed E-state index contributed by atoms with van der Waals surface area (Å²) in [4.78, 5) is 13.2. The van der Waals surface area contributed by atoms with E-state index in [9.17, 15) is 4.79 Å². The number of rotatable bonds is 4. The van der Waals surface area contributed by atoms with Crippen LogP contribution >= 0.6 is 22.7 Å². The van der Waals surface area contributed by atoms with Gasteiger partial charge in [0.25, 0.3) is 0 Å². The largest absolute Gasteiger partial charge is 0.325 e. The Hall–Kier alpha value is -3.81. The van der Waals surface area contributed by atoms with Gasteiger partial charge in [-0.2, -0.15) is 0 Å². The summed E-state index contributed by atoms with van der Waals surface area (Å²) < 4.78 is 6.33. The summed E-state index contributed by atoms with van der Waals surface area (Å²) in [6.45, 7) is 0. The Morgan fingerprint density at radius 2 is 1.00 bits per heavy atom. The molecular formula is C25H18N4OS2. The summed E-state index contributed by atoms with van der Waals surface area (Å²) in [6.07, 6.45) is 7.98. The van der Waals surface area contributed by atoms with E-state index in [1.165, 1.54) is 0 Å². The van der Waals surface area contributed by atoms with E-state index in [1.54, 1.807) is 22.7 Å². The second-order valence-electron chi connectivity index (χ2n) is 7.31. The van der Waals surface area contributed by atoms with Gasteiger partial charge in [0, 0.05) is 45.0 Å². The van der Waals surface area contributed by atoms with Crippen molar-refractivity contribution >= 4 is 58.9 Å². The van der Waals surface area contributed by atoms with E-state index in [2.05, 4.69) is 34.9 Å². The van der Waals surface area contributed by atoms with E-state index < -0.39 is 0 Å². The van der Waals surface area contributed by atoms with Crippen LogP contribution in [0.3, 0.4) is 0 Å². The molecular weight excluding hydrogens is 436 g/mol. The minimum absolute atomic E-state index is 0.259. The monoisotopic (exact) mass is 454 g/mol. The van der Waals surface area contributed by atoms with Gasteiger partial charge in [0.05, 0.1) is 11.4 Å². The summed E-state index contributed by atoms with van der Waals surface area (Å²) in [5, 5.41) is 10.0. The van der Waals surface area contributed by atoms with Gasteiger partial charge in [-0.15, -0.1) is 22.7 Å². The van der Waals surface area contributed by atoms with Crippen molar-refractivity contribution in [3.8, 4) is 11.4 Å². The second kappa shape index (κ2) is 7.71. The van der Waals surface area contributed by atoms with E-state index in [0.717, 1.165) is 41.5 Å². The number of amides is 2. The highest BCUT2D eigenvalue weighted by Gasteiger charge is 2.19. The van der Waals surface area contributed by atoms with E-state index in [4.69, 9.17) is 0 Å². The number of nitrogens with one attached hydrogen (secondary N) is 2. The molecule has 32 heavy (non-hydrogen) atoms. The summed E-state index contributed by atoms with van der Waals surface area (Å²) in [7, 11) is 0. The first kappa shape index (κ1) is 18.9. The molecule has 0 saturated heterocycles. The predicted molar refractivity (Wildman–Crippen MR) is 135 cm³/mol. The molecule has 4 heterocycles. The van der Waals surface area contributed by atoms with Crippen molar-refractivity contribution in [2.24, 2.45) is 0 Å². The van der Waals surface area contributed by atoms with E-state index in [0.29, 0.717) is 0 Å². The fraction of sp³-hybridized carbons (Fsp3) is 0. The highest BCUT2D eigenvalue weighted by molar-refractivity contribution is 7.24. The summed E-state index contributed by atoms with van der Waals surface area (Å²) >= 11 is 3.15. The quantitative estimate of drug-likeness (QED) is 0.288. The lowest BCUT2D eigenvalue weighted by Crippen LogP contribution is -2.19. The maximum absolute atomic E-state index is 13.2. The van der Waals surface area contributed by atoms with Crippen molar-refractivity contribution < 1.29 is 4.79 Å². The van der Waals surface area contributed by atoms with Crippen molar-refractivity contribution in [3.05, 3.63) is 97.6 Å². The third kappa shape index (κ3) is 3.19. The van der Waals surface area contributed by atoms with Crippen LogP contribution in [-0.4, -0.2) is 15.2 Å². The molecule has 0 aliphatic heterocycles. The molecule has 6 aromatic rings. The number of carbonyl (C=O) groups excluding carboxylic acids is 1. The number of aromatic nitrogens is 2. The third-order valence-electron chi connectivity index (χ3n) is 5.32.